The molecule has 68 heavy (non-hydrogen) atoms. The molecule has 13 heteroatoms. The van der Waals surface area contributed by atoms with Gasteiger partial charge in [-0.05, 0) is 151 Å². The second kappa shape index (κ2) is 17.2. The quantitative estimate of drug-likeness (QED) is 0.105. The number of fused-ring (bicyclic) bond motifs is 8. The van der Waals surface area contributed by atoms with Crippen LogP contribution >= 0.6 is 0 Å². The van der Waals surface area contributed by atoms with Gasteiger partial charge in [0.05, 0.1) is 50.1 Å². The van der Waals surface area contributed by atoms with Crippen molar-refractivity contribution in [3.05, 3.63) is 70.6 Å². The predicted octanol–water partition coefficient (Wildman–Crippen LogP) is 10.4. The summed E-state index contributed by atoms with van der Waals surface area (Å²) >= 11 is 0. The van der Waals surface area contributed by atoms with Gasteiger partial charge >= 0.3 is 12.1 Å². The molecule has 2 aliphatic heterocycles. The Morgan fingerprint density at radius 3 is 1.79 bits per heavy atom. The van der Waals surface area contributed by atoms with Crippen LogP contribution in [0.4, 0.5) is 4.79 Å². The Labute approximate surface area is 400 Å². The number of rotatable bonds is 14. The predicted molar refractivity (Wildman–Crippen MR) is 258 cm³/mol. The maximum atomic E-state index is 14.2. The van der Waals surface area contributed by atoms with Crippen molar-refractivity contribution in [1.82, 2.24) is 35.1 Å². The van der Waals surface area contributed by atoms with Crippen LogP contribution in [0.5, 0.6) is 0 Å². The maximum Gasteiger partial charge on any atom is 0.407 e. The molecule has 360 valence electrons. The van der Waals surface area contributed by atoms with E-state index in [1.54, 1.807) is 5.56 Å². The normalized spacial score (nSPS) is 28.0. The fraction of sp³-hybridized carbons (Fsp3) is 0.600. The average Bonchev–Trinajstić information content (AvgIpc) is 4.20. The van der Waals surface area contributed by atoms with E-state index < -0.39 is 12.1 Å². The van der Waals surface area contributed by atoms with Crippen LogP contribution in [-0.4, -0.2) is 87.0 Å². The number of aromatic amines is 2. The number of benzene rings is 2. The second-order valence-corrected chi connectivity index (χ2v) is 22.4. The number of aromatic nitrogens is 4. The largest absolute Gasteiger partial charge is 0.469 e. The molecule has 2 aromatic carbocycles. The van der Waals surface area contributed by atoms with Crippen LogP contribution in [0.15, 0.2) is 36.7 Å². The minimum absolute atomic E-state index is 0.0942. The number of nitrogens with zero attached hydrogens (tertiary/aromatic N) is 4. The summed E-state index contributed by atoms with van der Waals surface area (Å²) in [5.74, 6) is 4.22. The number of nitrogens with one attached hydrogen (secondary N) is 3. The molecule has 3 saturated carbocycles. The lowest BCUT2D eigenvalue weighted by molar-refractivity contribution is -0.142. The number of H-pyrrole nitrogens is 2. The molecule has 2 bridgehead atoms. The fourth-order valence-electron chi connectivity index (χ4n) is 14.8. The monoisotopic (exact) mass is 924 g/mol. The van der Waals surface area contributed by atoms with Crippen LogP contribution in [0.1, 0.15) is 181 Å². The van der Waals surface area contributed by atoms with E-state index >= 15 is 0 Å². The van der Waals surface area contributed by atoms with Crippen molar-refractivity contribution < 1.29 is 28.7 Å². The number of hydrogen-bond donors (Lipinski definition) is 3. The number of carbonyl (C=O) groups excluding carboxylic acids is 4. The van der Waals surface area contributed by atoms with Gasteiger partial charge in [0.2, 0.25) is 11.8 Å². The molecule has 7 aliphatic rings. The first-order valence-corrected chi connectivity index (χ1v) is 25.8. The number of hydrogen-bond acceptors (Lipinski definition) is 8. The van der Waals surface area contributed by atoms with Gasteiger partial charge in [-0.25, -0.2) is 14.8 Å². The highest BCUT2D eigenvalue weighted by Crippen LogP contribution is 2.79. The van der Waals surface area contributed by atoms with E-state index in [1.165, 1.54) is 85.3 Å². The molecule has 0 radical (unpaired) electrons. The highest BCUT2D eigenvalue weighted by atomic mass is 16.5. The molecule has 0 spiro atoms. The Bertz CT molecular complexity index is 2670. The van der Waals surface area contributed by atoms with Crippen molar-refractivity contribution in [2.24, 2.45) is 29.1 Å². The van der Waals surface area contributed by atoms with Gasteiger partial charge in [-0.2, -0.15) is 0 Å². The molecule has 4 heterocycles. The number of amides is 3. The summed E-state index contributed by atoms with van der Waals surface area (Å²) in [6, 6.07) is 8.56. The van der Waals surface area contributed by atoms with Gasteiger partial charge in [-0.3, -0.25) is 14.4 Å². The van der Waals surface area contributed by atoms with Crippen molar-refractivity contribution >= 4 is 23.9 Å². The van der Waals surface area contributed by atoms with E-state index in [1.807, 2.05) is 31.1 Å². The van der Waals surface area contributed by atoms with Crippen LogP contribution in [0.2, 0.25) is 0 Å². The van der Waals surface area contributed by atoms with Crippen molar-refractivity contribution in [3.63, 3.8) is 0 Å². The van der Waals surface area contributed by atoms with Crippen LogP contribution < -0.4 is 5.32 Å². The zero-order chi connectivity index (χ0) is 47.3. The molecule has 10 unspecified atom stereocenters. The molecular formula is C55H69N7O6. The molecule has 3 amide bonds. The van der Waals surface area contributed by atoms with E-state index in [0.29, 0.717) is 60.8 Å². The number of esters is 1. The standard InChI is InChI=1S/C55H69N7O6/c1-28(2)32(11-8-14-43(63)67-6)52(64)61-21-9-12-41(61)50-57-27-40(59-50)36-20-18-34(46-37-24-55(5)25-38(47(36)46)48(37)55)33-17-19-35(45-31-16-15-30(23-31)44(33)45)39-26-56-51(58-39)42-13-10-22-62(42)53(65)49(29(3)4)60-54(66)68-7/h17-20,26-32,37-38,41-42,48-49H,8-16,21-25H2,1-7H3,(H,56,58)(H,57,59)(H,60,66). The van der Waals surface area contributed by atoms with Crippen LogP contribution in [0, 0.1) is 29.1 Å². The van der Waals surface area contributed by atoms with Gasteiger partial charge in [0.25, 0.3) is 0 Å². The zero-order valence-corrected chi connectivity index (χ0v) is 41.0. The van der Waals surface area contributed by atoms with E-state index in [-0.39, 0.29) is 47.6 Å². The van der Waals surface area contributed by atoms with E-state index in [0.717, 1.165) is 55.3 Å². The Morgan fingerprint density at radius 1 is 0.721 bits per heavy atom. The highest BCUT2D eigenvalue weighted by Gasteiger charge is 2.68. The molecule has 13 nitrogen and oxygen atoms in total. The van der Waals surface area contributed by atoms with Crippen LogP contribution in [0.25, 0.3) is 33.6 Å². The van der Waals surface area contributed by atoms with Crippen LogP contribution in [0.3, 0.4) is 0 Å². The van der Waals surface area contributed by atoms with Gasteiger partial charge in [-0.1, -0.05) is 58.9 Å². The van der Waals surface area contributed by atoms with Crippen LogP contribution in [-0.2, 0) is 23.9 Å². The first kappa shape index (κ1) is 45.0. The molecule has 10 atom stereocenters. The Balaban J connectivity index is 0.902. The summed E-state index contributed by atoms with van der Waals surface area (Å²) in [5.41, 5.74) is 13.8. The summed E-state index contributed by atoms with van der Waals surface area (Å²) in [7, 11) is 2.74. The first-order chi connectivity index (χ1) is 32.8. The highest BCUT2D eigenvalue weighted by molar-refractivity contribution is 5.87. The second-order valence-electron chi connectivity index (χ2n) is 22.4. The SMILES string of the molecule is COC(=O)CCCC(C(=O)N1CCCC1c1ncc(-c2ccc(-c3ccc(-c4cnc(C5CCCN5C(=O)C(NC(=O)OC)C(C)C)[nH]4)c4c3C3CCC4C3)c3c2C2CC4(C)CC3C24)[nH]1)C(C)C. The van der Waals surface area contributed by atoms with Gasteiger partial charge in [0, 0.05) is 36.6 Å². The summed E-state index contributed by atoms with van der Waals surface area (Å²) < 4.78 is 9.73. The van der Waals surface area contributed by atoms with Crippen molar-refractivity contribution in [1.29, 1.82) is 0 Å². The minimum atomic E-state index is -0.680. The Kier molecular flexibility index (Phi) is 11.4. The van der Waals surface area contributed by atoms with Gasteiger partial charge < -0.3 is 34.6 Å². The number of ether oxygens (including phenoxy) is 2. The molecule has 3 N–H and O–H groups in total. The minimum Gasteiger partial charge on any atom is -0.469 e. The molecule has 5 aliphatic carbocycles. The number of imidazole rings is 2. The number of methoxy groups -OCH3 is 2. The molecule has 4 aromatic rings. The lowest BCUT2D eigenvalue weighted by Crippen LogP contribution is -2.53. The van der Waals surface area contributed by atoms with Gasteiger partial charge in [-0.15, -0.1) is 0 Å². The molecule has 2 saturated heterocycles. The zero-order valence-electron chi connectivity index (χ0n) is 41.0. The van der Waals surface area contributed by atoms with Crippen molar-refractivity contribution in [2.45, 2.75) is 153 Å². The summed E-state index contributed by atoms with van der Waals surface area (Å²) in [6.45, 7) is 11.9. The van der Waals surface area contributed by atoms with Crippen molar-refractivity contribution in [2.75, 3.05) is 27.3 Å². The lowest BCUT2D eigenvalue weighted by Gasteiger charge is -2.62. The lowest BCUT2D eigenvalue weighted by atomic mass is 9.41. The van der Waals surface area contributed by atoms with E-state index in [9.17, 15) is 19.2 Å². The van der Waals surface area contributed by atoms with E-state index in [4.69, 9.17) is 19.4 Å². The number of likely N-dealkylation sites (tertiary alicyclic amines) is 2. The fourth-order valence-corrected chi connectivity index (χ4v) is 14.8. The number of alkyl carbamates (subject to hydrolysis) is 1. The third-order valence-corrected chi connectivity index (χ3v) is 18.0. The van der Waals surface area contributed by atoms with Gasteiger partial charge in [0.15, 0.2) is 0 Å². The van der Waals surface area contributed by atoms with Gasteiger partial charge in [0.1, 0.15) is 17.7 Å². The summed E-state index contributed by atoms with van der Waals surface area (Å²) in [5, 5.41) is 2.77. The molecule has 5 fully saturated rings. The summed E-state index contributed by atoms with van der Waals surface area (Å²) in [4.78, 5) is 73.7. The summed E-state index contributed by atoms with van der Waals surface area (Å²) in [6.07, 6.45) is 14.6. The Hall–Kier alpha value is -5.46. The van der Waals surface area contributed by atoms with E-state index in [2.05, 4.69) is 65.2 Å². The number of carbonyl (C=O) groups is 4. The third-order valence-electron chi connectivity index (χ3n) is 18.0. The molecule has 11 rings (SSSR count). The smallest absolute Gasteiger partial charge is 0.407 e. The maximum absolute atomic E-state index is 14.2. The first-order valence-electron chi connectivity index (χ1n) is 25.8. The Morgan fingerprint density at radius 2 is 1.25 bits per heavy atom. The molecule has 2 aromatic heterocycles. The van der Waals surface area contributed by atoms with Crippen molar-refractivity contribution in [3.8, 4) is 33.6 Å². The molecular weight excluding hydrogens is 855 g/mol. The topological polar surface area (TPSA) is 163 Å². The third kappa shape index (κ3) is 7.13. The average molecular weight is 924 g/mol.